The monoisotopic (exact) mass is 367 g/mol. The van der Waals surface area contributed by atoms with Crippen LogP contribution in [0.4, 0.5) is 5.69 Å². The van der Waals surface area contributed by atoms with Crippen LogP contribution >= 0.6 is 11.6 Å². The number of amides is 1. The summed E-state index contributed by atoms with van der Waals surface area (Å²) in [5.74, 6) is 1.69. The Kier molecular flexibility index (Phi) is 6.12. The van der Waals surface area contributed by atoms with Crippen LogP contribution in [0.3, 0.4) is 0 Å². The second-order valence-corrected chi connectivity index (χ2v) is 5.90. The highest BCUT2D eigenvalue weighted by atomic mass is 35.5. The van der Waals surface area contributed by atoms with Crippen molar-refractivity contribution in [2.75, 3.05) is 11.9 Å². The van der Waals surface area contributed by atoms with E-state index < -0.39 is 0 Å². The minimum absolute atomic E-state index is 0.166. The van der Waals surface area contributed by atoms with E-state index in [0.29, 0.717) is 28.0 Å². The molecule has 0 spiro atoms. The summed E-state index contributed by atoms with van der Waals surface area (Å²) >= 11 is 6.03. The zero-order valence-corrected chi connectivity index (χ0v) is 14.8. The van der Waals surface area contributed by atoms with Gasteiger partial charge in [0, 0.05) is 0 Å². The number of benzene rings is 3. The minimum Gasteiger partial charge on any atom is -0.491 e. The number of rotatable bonds is 7. The van der Waals surface area contributed by atoms with E-state index >= 15 is 0 Å². The first-order valence-corrected chi connectivity index (χ1v) is 8.59. The molecule has 0 aliphatic carbocycles. The van der Waals surface area contributed by atoms with E-state index in [4.69, 9.17) is 21.1 Å². The maximum atomic E-state index is 12.2. The Morgan fingerprint density at radius 3 is 2.27 bits per heavy atom. The zero-order valence-electron chi connectivity index (χ0n) is 14.0. The van der Waals surface area contributed by atoms with E-state index in [9.17, 15) is 4.79 Å². The molecule has 132 valence electrons. The third-order valence-corrected chi connectivity index (χ3v) is 3.87. The molecule has 0 atom stereocenters. The first-order valence-electron chi connectivity index (χ1n) is 8.21. The lowest BCUT2D eigenvalue weighted by Gasteiger charge is -2.12. The lowest BCUT2D eigenvalue weighted by molar-refractivity contribution is -0.116. The second-order valence-electron chi connectivity index (χ2n) is 5.49. The fraction of sp³-hybridized carbons (Fsp3) is 0.0952. The third-order valence-electron chi connectivity index (χ3n) is 3.56. The van der Waals surface area contributed by atoms with Crippen molar-refractivity contribution in [3.63, 3.8) is 0 Å². The summed E-state index contributed by atoms with van der Waals surface area (Å²) < 4.78 is 11.4. The lowest BCUT2D eigenvalue weighted by Crippen LogP contribution is -2.15. The quantitative estimate of drug-likeness (QED) is 0.596. The average molecular weight is 368 g/mol. The molecule has 26 heavy (non-hydrogen) atoms. The standard InChI is InChI=1S/C21H18ClNO3/c22-17-10-4-6-12-19(17)25-15-14-21(24)23-18-11-5-7-13-20(18)26-16-8-2-1-3-9-16/h1-13H,14-15H2,(H,23,24). The summed E-state index contributed by atoms with van der Waals surface area (Å²) in [6.07, 6.45) is 0.199. The summed E-state index contributed by atoms with van der Waals surface area (Å²) in [5, 5.41) is 3.38. The predicted molar refractivity (Wildman–Crippen MR) is 103 cm³/mol. The number of halogens is 1. The van der Waals surface area contributed by atoms with Crippen LogP contribution in [-0.4, -0.2) is 12.5 Å². The van der Waals surface area contributed by atoms with E-state index in [1.807, 2.05) is 60.7 Å². The number of carbonyl (C=O) groups excluding carboxylic acids is 1. The fourth-order valence-corrected chi connectivity index (χ4v) is 2.49. The van der Waals surface area contributed by atoms with Crippen LogP contribution in [-0.2, 0) is 4.79 Å². The second kappa shape index (κ2) is 8.92. The van der Waals surface area contributed by atoms with Crippen LogP contribution in [0.1, 0.15) is 6.42 Å². The molecule has 5 heteroatoms. The summed E-state index contributed by atoms with van der Waals surface area (Å²) in [6.45, 7) is 0.233. The van der Waals surface area contributed by atoms with Gasteiger partial charge in [0.1, 0.15) is 11.5 Å². The molecule has 1 N–H and O–H groups in total. The summed E-state index contributed by atoms with van der Waals surface area (Å²) in [5.41, 5.74) is 0.610. The van der Waals surface area contributed by atoms with Crippen molar-refractivity contribution in [2.24, 2.45) is 0 Å². The van der Waals surface area contributed by atoms with Gasteiger partial charge in [-0.2, -0.15) is 0 Å². The molecule has 0 aliphatic heterocycles. The Morgan fingerprint density at radius 2 is 1.50 bits per heavy atom. The van der Waals surface area contributed by atoms with Crippen LogP contribution in [0.5, 0.6) is 17.2 Å². The fourth-order valence-electron chi connectivity index (χ4n) is 2.30. The Morgan fingerprint density at radius 1 is 0.846 bits per heavy atom. The Balaban J connectivity index is 1.57. The molecule has 0 saturated heterocycles. The Hall–Kier alpha value is -2.98. The van der Waals surface area contributed by atoms with Crippen molar-refractivity contribution in [2.45, 2.75) is 6.42 Å². The number of ether oxygens (including phenoxy) is 2. The van der Waals surface area contributed by atoms with E-state index in [-0.39, 0.29) is 18.9 Å². The molecule has 0 fully saturated rings. The summed E-state index contributed by atoms with van der Waals surface area (Å²) in [6, 6.07) is 23.9. The molecule has 3 aromatic carbocycles. The predicted octanol–water partition coefficient (Wildman–Crippen LogP) is 5.54. The minimum atomic E-state index is -0.166. The van der Waals surface area contributed by atoms with E-state index in [0.717, 1.165) is 0 Å². The molecular weight excluding hydrogens is 350 g/mol. The molecule has 0 bridgehead atoms. The summed E-state index contributed by atoms with van der Waals surface area (Å²) in [4.78, 5) is 12.2. The first-order chi connectivity index (χ1) is 12.7. The smallest absolute Gasteiger partial charge is 0.227 e. The third kappa shape index (κ3) is 5.01. The van der Waals surface area contributed by atoms with Crippen LogP contribution < -0.4 is 14.8 Å². The number of hydrogen-bond acceptors (Lipinski definition) is 3. The molecule has 1 amide bonds. The molecule has 0 heterocycles. The largest absolute Gasteiger partial charge is 0.491 e. The van der Waals surface area contributed by atoms with Crippen molar-refractivity contribution in [1.82, 2.24) is 0 Å². The van der Waals surface area contributed by atoms with Gasteiger partial charge in [-0.3, -0.25) is 4.79 Å². The van der Waals surface area contributed by atoms with Gasteiger partial charge in [-0.05, 0) is 36.4 Å². The Bertz CT molecular complexity index is 868. The number of para-hydroxylation sites is 4. The molecule has 3 aromatic rings. The first kappa shape index (κ1) is 17.8. The highest BCUT2D eigenvalue weighted by Gasteiger charge is 2.09. The van der Waals surface area contributed by atoms with E-state index in [1.54, 1.807) is 18.2 Å². The maximum absolute atomic E-state index is 12.2. The van der Waals surface area contributed by atoms with Gasteiger partial charge in [-0.1, -0.05) is 54.1 Å². The molecule has 0 radical (unpaired) electrons. The highest BCUT2D eigenvalue weighted by Crippen LogP contribution is 2.29. The molecule has 0 aliphatic rings. The average Bonchev–Trinajstić information content (AvgIpc) is 2.66. The normalized spacial score (nSPS) is 10.2. The molecular formula is C21H18ClNO3. The van der Waals surface area contributed by atoms with Crippen molar-refractivity contribution in [3.8, 4) is 17.2 Å². The van der Waals surface area contributed by atoms with Gasteiger partial charge >= 0.3 is 0 Å². The molecule has 0 unspecified atom stereocenters. The highest BCUT2D eigenvalue weighted by molar-refractivity contribution is 6.32. The SMILES string of the molecule is O=C(CCOc1ccccc1Cl)Nc1ccccc1Oc1ccccc1. The topological polar surface area (TPSA) is 47.6 Å². The van der Waals surface area contributed by atoms with Gasteiger partial charge in [0.05, 0.1) is 23.7 Å². The number of carbonyl (C=O) groups is 1. The maximum Gasteiger partial charge on any atom is 0.227 e. The molecule has 4 nitrogen and oxygen atoms in total. The van der Waals surface area contributed by atoms with E-state index in [2.05, 4.69) is 5.32 Å². The van der Waals surface area contributed by atoms with Gasteiger partial charge in [-0.15, -0.1) is 0 Å². The van der Waals surface area contributed by atoms with Gasteiger partial charge in [-0.25, -0.2) is 0 Å². The van der Waals surface area contributed by atoms with Crippen LogP contribution in [0.25, 0.3) is 0 Å². The van der Waals surface area contributed by atoms with Crippen molar-refractivity contribution in [1.29, 1.82) is 0 Å². The van der Waals surface area contributed by atoms with Gasteiger partial charge < -0.3 is 14.8 Å². The van der Waals surface area contributed by atoms with Crippen LogP contribution in [0.2, 0.25) is 5.02 Å². The number of nitrogens with one attached hydrogen (secondary N) is 1. The van der Waals surface area contributed by atoms with E-state index in [1.165, 1.54) is 0 Å². The van der Waals surface area contributed by atoms with Crippen molar-refractivity contribution in [3.05, 3.63) is 83.9 Å². The van der Waals surface area contributed by atoms with Crippen LogP contribution in [0, 0.1) is 0 Å². The number of hydrogen-bond donors (Lipinski definition) is 1. The van der Waals surface area contributed by atoms with Crippen molar-refractivity contribution >= 4 is 23.2 Å². The zero-order chi connectivity index (χ0) is 18.2. The van der Waals surface area contributed by atoms with Crippen molar-refractivity contribution < 1.29 is 14.3 Å². The summed E-state index contributed by atoms with van der Waals surface area (Å²) in [7, 11) is 0. The lowest BCUT2D eigenvalue weighted by atomic mass is 10.2. The van der Waals surface area contributed by atoms with Crippen LogP contribution in [0.15, 0.2) is 78.9 Å². The van der Waals surface area contributed by atoms with Gasteiger partial charge in [0.15, 0.2) is 5.75 Å². The van der Waals surface area contributed by atoms with Gasteiger partial charge in [0.2, 0.25) is 5.91 Å². The molecule has 0 saturated carbocycles. The van der Waals surface area contributed by atoms with Gasteiger partial charge in [0.25, 0.3) is 0 Å². The number of anilines is 1. The molecule has 0 aromatic heterocycles. The molecule has 3 rings (SSSR count). The Labute approximate surface area is 157 Å².